The third-order valence-corrected chi connectivity index (χ3v) is 7.23. The Kier molecular flexibility index (Phi) is 5.60. The van der Waals surface area contributed by atoms with E-state index in [4.69, 9.17) is 0 Å². The number of amides is 2. The van der Waals surface area contributed by atoms with E-state index >= 15 is 0 Å². The minimum absolute atomic E-state index is 0.0538. The van der Waals surface area contributed by atoms with E-state index in [0.717, 1.165) is 31.6 Å². The average Bonchev–Trinajstić information content (AvgIpc) is 2.68. The molecule has 144 valence electrons. The van der Waals surface area contributed by atoms with Crippen LogP contribution in [0.25, 0.3) is 0 Å². The number of rotatable bonds is 4. The molecule has 0 aromatic carbocycles. The van der Waals surface area contributed by atoms with Gasteiger partial charge in [0.1, 0.15) is 0 Å². The van der Waals surface area contributed by atoms with E-state index in [2.05, 4.69) is 10.3 Å². The minimum atomic E-state index is 0.0538. The third kappa shape index (κ3) is 3.81. The number of carbonyl (C=O) groups is 2. The summed E-state index contributed by atoms with van der Waals surface area (Å²) in [5.74, 6) is 1.85. The van der Waals surface area contributed by atoms with Crippen LogP contribution in [0.1, 0.15) is 77.0 Å². The fraction of sp³-hybridized carbons (Fsp3) is 0.857. The van der Waals surface area contributed by atoms with E-state index in [1.54, 1.807) is 11.2 Å². The molecular formula is C21H33N3O2. The molecule has 0 aromatic rings. The van der Waals surface area contributed by atoms with Crippen LogP contribution in [0.3, 0.4) is 0 Å². The molecule has 1 N–H and O–H groups in total. The monoisotopic (exact) mass is 359 g/mol. The van der Waals surface area contributed by atoms with Gasteiger partial charge in [-0.1, -0.05) is 44.9 Å². The first kappa shape index (κ1) is 18.0. The highest BCUT2D eigenvalue weighted by atomic mass is 16.2. The standard InChI is InChI=1S/C21H33N3O2/c25-20(23-19-11-5-7-15-6-1-2-8-16(15)19)12-13-24-14-22-18-10-4-3-9-17(18)21(24)26/h14-19H,1-13H2,(H,23,25). The van der Waals surface area contributed by atoms with Crippen molar-refractivity contribution in [2.75, 3.05) is 6.54 Å². The number of nitrogens with zero attached hydrogens (tertiary/aromatic N) is 2. The molecule has 26 heavy (non-hydrogen) atoms. The molecule has 5 atom stereocenters. The number of aliphatic imine (C=N–C) groups is 1. The molecule has 2 amide bonds. The van der Waals surface area contributed by atoms with Crippen molar-refractivity contribution < 1.29 is 9.59 Å². The molecule has 0 bridgehead atoms. The largest absolute Gasteiger partial charge is 0.353 e. The van der Waals surface area contributed by atoms with Gasteiger partial charge in [-0.05, 0) is 37.5 Å². The van der Waals surface area contributed by atoms with Gasteiger partial charge in [-0.25, -0.2) is 0 Å². The average molecular weight is 360 g/mol. The predicted molar refractivity (Wildman–Crippen MR) is 102 cm³/mol. The first-order valence-electron chi connectivity index (χ1n) is 10.9. The Morgan fingerprint density at radius 2 is 1.81 bits per heavy atom. The van der Waals surface area contributed by atoms with Crippen molar-refractivity contribution in [2.24, 2.45) is 22.7 Å². The summed E-state index contributed by atoms with van der Waals surface area (Å²) in [5, 5.41) is 3.31. The van der Waals surface area contributed by atoms with Gasteiger partial charge in [0.15, 0.2) is 0 Å². The molecule has 3 saturated carbocycles. The SMILES string of the molecule is O=C(CCN1C=NC2CCCCC2C1=O)NC1CCCC2CCCCC21. The molecule has 4 aliphatic rings. The van der Waals surface area contributed by atoms with E-state index in [-0.39, 0.29) is 23.8 Å². The highest BCUT2D eigenvalue weighted by Crippen LogP contribution is 2.40. The van der Waals surface area contributed by atoms with Crippen LogP contribution in [0.4, 0.5) is 0 Å². The maximum atomic E-state index is 12.7. The molecule has 5 nitrogen and oxygen atoms in total. The second-order valence-electron chi connectivity index (χ2n) is 8.82. The van der Waals surface area contributed by atoms with Crippen LogP contribution in [0.5, 0.6) is 0 Å². The molecular weight excluding hydrogens is 326 g/mol. The summed E-state index contributed by atoms with van der Waals surface area (Å²) in [6, 6.07) is 0.543. The maximum Gasteiger partial charge on any atom is 0.232 e. The Morgan fingerprint density at radius 3 is 2.73 bits per heavy atom. The maximum absolute atomic E-state index is 12.7. The predicted octanol–water partition coefficient (Wildman–Crippen LogP) is 3.28. The Morgan fingerprint density at radius 1 is 1.04 bits per heavy atom. The van der Waals surface area contributed by atoms with Gasteiger partial charge in [-0.15, -0.1) is 0 Å². The van der Waals surface area contributed by atoms with Crippen molar-refractivity contribution in [3.63, 3.8) is 0 Å². The fourth-order valence-corrected chi connectivity index (χ4v) is 5.80. The molecule has 0 spiro atoms. The van der Waals surface area contributed by atoms with Crippen molar-refractivity contribution in [1.29, 1.82) is 0 Å². The minimum Gasteiger partial charge on any atom is -0.353 e. The van der Waals surface area contributed by atoms with E-state index < -0.39 is 0 Å². The highest BCUT2D eigenvalue weighted by Gasteiger charge is 2.37. The number of fused-ring (bicyclic) bond motifs is 2. The Balaban J connectivity index is 1.28. The van der Waals surface area contributed by atoms with Crippen molar-refractivity contribution >= 4 is 18.2 Å². The molecule has 1 heterocycles. The lowest BCUT2D eigenvalue weighted by Crippen LogP contribution is -2.48. The van der Waals surface area contributed by atoms with Gasteiger partial charge in [0, 0.05) is 19.0 Å². The van der Waals surface area contributed by atoms with Crippen molar-refractivity contribution in [1.82, 2.24) is 10.2 Å². The molecule has 5 heteroatoms. The lowest BCUT2D eigenvalue weighted by Gasteiger charge is -2.41. The van der Waals surface area contributed by atoms with Gasteiger partial charge in [-0.2, -0.15) is 0 Å². The van der Waals surface area contributed by atoms with E-state index in [1.807, 2.05) is 0 Å². The van der Waals surface area contributed by atoms with Crippen molar-refractivity contribution in [3.8, 4) is 0 Å². The number of carbonyl (C=O) groups excluding carboxylic acids is 2. The van der Waals surface area contributed by atoms with Crippen LogP contribution < -0.4 is 5.32 Å². The summed E-state index contributed by atoms with van der Waals surface area (Å²) < 4.78 is 0. The topological polar surface area (TPSA) is 61.8 Å². The zero-order valence-electron chi connectivity index (χ0n) is 15.9. The van der Waals surface area contributed by atoms with Crippen LogP contribution in [0, 0.1) is 17.8 Å². The second-order valence-corrected chi connectivity index (χ2v) is 8.82. The van der Waals surface area contributed by atoms with E-state index in [0.29, 0.717) is 24.9 Å². The van der Waals surface area contributed by atoms with Gasteiger partial charge < -0.3 is 10.2 Å². The van der Waals surface area contributed by atoms with Gasteiger partial charge in [0.05, 0.1) is 18.3 Å². The highest BCUT2D eigenvalue weighted by molar-refractivity contribution is 5.92. The first-order chi connectivity index (χ1) is 12.7. The fourth-order valence-electron chi connectivity index (χ4n) is 5.80. The van der Waals surface area contributed by atoms with Gasteiger partial charge in [-0.3, -0.25) is 14.6 Å². The smallest absolute Gasteiger partial charge is 0.232 e. The normalized spacial score (nSPS) is 37.0. The summed E-state index contributed by atoms with van der Waals surface area (Å²) in [5.41, 5.74) is 0. The molecule has 5 unspecified atom stereocenters. The van der Waals surface area contributed by atoms with Gasteiger partial charge >= 0.3 is 0 Å². The number of nitrogens with one attached hydrogen (secondary N) is 1. The summed E-state index contributed by atoms with van der Waals surface area (Å²) in [6.07, 6.45) is 15.4. The second kappa shape index (κ2) is 8.10. The molecule has 4 rings (SSSR count). The number of hydrogen-bond acceptors (Lipinski definition) is 3. The van der Waals surface area contributed by atoms with Crippen LogP contribution >= 0.6 is 0 Å². The van der Waals surface area contributed by atoms with Gasteiger partial charge in [0.25, 0.3) is 0 Å². The molecule has 0 aromatic heterocycles. The quantitative estimate of drug-likeness (QED) is 0.837. The third-order valence-electron chi connectivity index (χ3n) is 7.23. The van der Waals surface area contributed by atoms with Crippen LogP contribution in [0.15, 0.2) is 4.99 Å². The van der Waals surface area contributed by atoms with E-state index in [1.165, 1.54) is 44.9 Å². The van der Waals surface area contributed by atoms with Gasteiger partial charge in [0.2, 0.25) is 11.8 Å². The number of hydrogen-bond donors (Lipinski definition) is 1. The molecule has 3 fully saturated rings. The molecule has 0 saturated heterocycles. The summed E-state index contributed by atoms with van der Waals surface area (Å²) in [7, 11) is 0. The first-order valence-corrected chi connectivity index (χ1v) is 10.9. The van der Waals surface area contributed by atoms with Crippen molar-refractivity contribution in [2.45, 2.75) is 89.1 Å². The summed E-state index contributed by atoms with van der Waals surface area (Å²) in [4.78, 5) is 31.4. The van der Waals surface area contributed by atoms with Crippen molar-refractivity contribution in [3.05, 3.63) is 0 Å². The van der Waals surface area contributed by atoms with E-state index in [9.17, 15) is 9.59 Å². The summed E-state index contributed by atoms with van der Waals surface area (Å²) >= 11 is 0. The lowest BCUT2D eigenvalue weighted by molar-refractivity contribution is -0.134. The Bertz CT molecular complexity index is 559. The molecule has 3 aliphatic carbocycles. The lowest BCUT2D eigenvalue weighted by atomic mass is 9.68. The molecule has 1 aliphatic heterocycles. The summed E-state index contributed by atoms with van der Waals surface area (Å²) in [6.45, 7) is 0.470. The van der Waals surface area contributed by atoms with Crippen LogP contribution in [-0.4, -0.2) is 41.7 Å². The van der Waals surface area contributed by atoms with Crippen LogP contribution in [-0.2, 0) is 9.59 Å². The Labute approximate surface area is 157 Å². The Hall–Kier alpha value is -1.39. The zero-order valence-corrected chi connectivity index (χ0v) is 15.9. The van der Waals surface area contributed by atoms with Crippen LogP contribution in [0.2, 0.25) is 0 Å². The molecule has 0 radical (unpaired) electrons. The zero-order chi connectivity index (χ0) is 17.9.